The van der Waals surface area contributed by atoms with Crippen LogP contribution < -0.4 is 0 Å². The molecular formula is C9H17N3O2S. The first-order chi connectivity index (χ1) is 6.93. The van der Waals surface area contributed by atoms with Crippen LogP contribution in [0.25, 0.3) is 0 Å². The number of hydrogen-bond donors (Lipinski definition) is 1. The van der Waals surface area contributed by atoms with Crippen LogP contribution >= 0.6 is 0 Å². The minimum absolute atomic E-state index is 0.439. The third-order valence-corrected chi connectivity index (χ3v) is 3.19. The van der Waals surface area contributed by atoms with Crippen LogP contribution in [-0.4, -0.2) is 44.1 Å². The van der Waals surface area contributed by atoms with Gasteiger partial charge < -0.3 is 9.45 Å². The summed E-state index contributed by atoms with van der Waals surface area (Å²) in [4.78, 5) is 2.49. The van der Waals surface area contributed by atoms with Crippen molar-refractivity contribution in [3.8, 4) is 0 Å². The number of aromatic nitrogens is 2. The summed E-state index contributed by atoms with van der Waals surface area (Å²) in [7, 11) is 3.97. The minimum atomic E-state index is -1.94. The summed E-state index contributed by atoms with van der Waals surface area (Å²) in [5.74, 6) is 0. The third-order valence-electron chi connectivity index (χ3n) is 2.25. The standard InChI is InChI=1S/C9H17N3O2S/c1-7-9(15(13)14)8(2)12(10-7)6-5-11(3)4/h5-6H2,1-4H3,(H,13,14). The fourth-order valence-electron chi connectivity index (χ4n) is 1.45. The largest absolute Gasteiger partial charge is 0.308 e. The SMILES string of the molecule is Cc1nn(CCN(C)C)c(C)c1S(=O)O. The number of aryl methyl sites for hydroxylation is 1. The molecule has 1 unspecified atom stereocenters. The van der Waals surface area contributed by atoms with Crippen LogP contribution in [0.4, 0.5) is 0 Å². The molecule has 1 aromatic rings. The quantitative estimate of drug-likeness (QED) is 0.773. The Labute approximate surface area is 92.4 Å². The van der Waals surface area contributed by atoms with Gasteiger partial charge in [-0.15, -0.1) is 0 Å². The Morgan fingerprint density at radius 1 is 1.47 bits per heavy atom. The second kappa shape index (κ2) is 4.87. The highest BCUT2D eigenvalue weighted by Gasteiger charge is 2.15. The minimum Gasteiger partial charge on any atom is -0.308 e. The molecule has 1 aromatic heterocycles. The Balaban J connectivity index is 2.91. The van der Waals surface area contributed by atoms with E-state index < -0.39 is 11.1 Å². The van der Waals surface area contributed by atoms with Crippen molar-refractivity contribution in [2.45, 2.75) is 25.3 Å². The normalized spacial score (nSPS) is 13.5. The molecule has 0 amide bonds. The van der Waals surface area contributed by atoms with Crippen molar-refractivity contribution in [2.75, 3.05) is 20.6 Å². The summed E-state index contributed by atoms with van der Waals surface area (Å²) in [6.07, 6.45) is 0. The maximum atomic E-state index is 11.0. The molecule has 0 fully saturated rings. The highest BCUT2D eigenvalue weighted by Crippen LogP contribution is 2.16. The Morgan fingerprint density at radius 2 is 2.07 bits per heavy atom. The number of nitrogens with zero attached hydrogens (tertiary/aromatic N) is 3. The Hall–Kier alpha value is -0.720. The van der Waals surface area contributed by atoms with Crippen LogP contribution in [0.2, 0.25) is 0 Å². The molecule has 0 spiro atoms. The van der Waals surface area contributed by atoms with E-state index in [-0.39, 0.29) is 0 Å². The summed E-state index contributed by atoms with van der Waals surface area (Å²) in [6.45, 7) is 5.16. The van der Waals surface area contributed by atoms with Gasteiger partial charge in [-0.25, -0.2) is 4.21 Å². The molecule has 86 valence electrons. The van der Waals surface area contributed by atoms with Crippen LogP contribution in [0.15, 0.2) is 4.90 Å². The van der Waals surface area contributed by atoms with Crippen LogP contribution in [-0.2, 0) is 17.6 Å². The highest BCUT2D eigenvalue weighted by atomic mass is 32.2. The molecule has 0 saturated carbocycles. The topological polar surface area (TPSA) is 58.4 Å². The van der Waals surface area contributed by atoms with Crippen LogP contribution in [0.3, 0.4) is 0 Å². The first-order valence-corrected chi connectivity index (χ1v) is 5.83. The number of likely N-dealkylation sites (N-methyl/N-ethyl adjacent to an activating group) is 1. The van der Waals surface area contributed by atoms with E-state index in [9.17, 15) is 4.21 Å². The summed E-state index contributed by atoms with van der Waals surface area (Å²) in [6, 6.07) is 0. The highest BCUT2D eigenvalue weighted by molar-refractivity contribution is 7.79. The van der Waals surface area contributed by atoms with Gasteiger partial charge in [-0.3, -0.25) is 4.68 Å². The molecule has 15 heavy (non-hydrogen) atoms. The zero-order chi connectivity index (χ0) is 11.6. The predicted octanol–water partition coefficient (Wildman–Crippen LogP) is 0.642. The van der Waals surface area contributed by atoms with E-state index in [1.807, 2.05) is 25.9 Å². The average molecular weight is 231 g/mol. The molecule has 0 radical (unpaired) electrons. The van der Waals surface area contributed by atoms with E-state index in [0.717, 1.165) is 18.8 Å². The molecule has 6 heteroatoms. The Morgan fingerprint density at radius 3 is 2.47 bits per heavy atom. The van der Waals surface area contributed by atoms with E-state index in [0.29, 0.717) is 10.6 Å². The zero-order valence-corrected chi connectivity index (χ0v) is 10.3. The zero-order valence-electron chi connectivity index (χ0n) is 9.52. The fraction of sp³-hybridized carbons (Fsp3) is 0.667. The number of hydrogen-bond acceptors (Lipinski definition) is 3. The maximum absolute atomic E-state index is 11.0. The van der Waals surface area contributed by atoms with Crippen molar-refractivity contribution in [1.82, 2.24) is 14.7 Å². The van der Waals surface area contributed by atoms with Gasteiger partial charge in [0.05, 0.1) is 17.9 Å². The second-order valence-corrected chi connectivity index (χ2v) is 4.68. The molecule has 1 heterocycles. The summed E-state index contributed by atoms with van der Waals surface area (Å²) in [5.41, 5.74) is 1.40. The van der Waals surface area contributed by atoms with Crippen molar-refractivity contribution < 1.29 is 8.76 Å². The molecule has 0 saturated heterocycles. The molecule has 1 atom stereocenters. The lowest BCUT2D eigenvalue weighted by Gasteiger charge is -2.10. The summed E-state index contributed by atoms with van der Waals surface area (Å²) >= 11 is -1.94. The second-order valence-electron chi connectivity index (χ2n) is 3.78. The van der Waals surface area contributed by atoms with Gasteiger partial charge in [0.25, 0.3) is 0 Å². The van der Waals surface area contributed by atoms with Crippen LogP contribution in [0.5, 0.6) is 0 Å². The van der Waals surface area contributed by atoms with E-state index in [4.69, 9.17) is 4.55 Å². The van der Waals surface area contributed by atoms with Gasteiger partial charge in [0.1, 0.15) is 4.90 Å². The Bertz CT molecular complexity index is 374. The molecule has 0 bridgehead atoms. The molecular weight excluding hydrogens is 214 g/mol. The van der Waals surface area contributed by atoms with Gasteiger partial charge in [0.15, 0.2) is 11.1 Å². The van der Waals surface area contributed by atoms with E-state index >= 15 is 0 Å². The van der Waals surface area contributed by atoms with Crippen LogP contribution in [0.1, 0.15) is 11.4 Å². The lowest BCUT2D eigenvalue weighted by molar-refractivity contribution is 0.370. The lowest BCUT2D eigenvalue weighted by atomic mass is 10.4. The van der Waals surface area contributed by atoms with E-state index in [1.54, 1.807) is 11.6 Å². The van der Waals surface area contributed by atoms with E-state index in [2.05, 4.69) is 5.10 Å². The van der Waals surface area contributed by atoms with Gasteiger partial charge in [-0.05, 0) is 27.9 Å². The molecule has 1 rings (SSSR count). The molecule has 0 aliphatic rings. The fourth-order valence-corrected chi connectivity index (χ4v) is 2.10. The maximum Gasteiger partial charge on any atom is 0.190 e. The van der Waals surface area contributed by atoms with Gasteiger partial charge >= 0.3 is 0 Å². The van der Waals surface area contributed by atoms with E-state index in [1.165, 1.54) is 0 Å². The van der Waals surface area contributed by atoms with Gasteiger partial charge in [-0.1, -0.05) is 0 Å². The molecule has 0 aliphatic heterocycles. The smallest absolute Gasteiger partial charge is 0.190 e. The van der Waals surface area contributed by atoms with Crippen molar-refractivity contribution in [2.24, 2.45) is 0 Å². The summed E-state index contributed by atoms with van der Waals surface area (Å²) < 4.78 is 21.9. The lowest BCUT2D eigenvalue weighted by Crippen LogP contribution is -2.19. The van der Waals surface area contributed by atoms with Crippen molar-refractivity contribution in [1.29, 1.82) is 0 Å². The molecule has 0 aliphatic carbocycles. The average Bonchev–Trinajstić information content (AvgIpc) is 2.37. The van der Waals surface area contributed by atoms with Crippen molar-refractivity contribution in [3.63, 3.8) is 0 Å². The number of rotatable bonds is 4. The molecule has 1 N–H and O–H groups in total. The van der Waals surface area contributed by atoms with Crippen molar-refractivity contribution in [3.05, 3.63) is 11.4 Å². The van der Waals surface area contributed by atoms with Crippen LogP contribution in [0, 0.1) is 13.8 Å². The molecule has 0 aromatic carbocycles. The monoisotopic (exact) mass is 231 g/mol. The van der Waals surface area contributed by atoms with Crippen molar-refractivity contribution >= 4 is 11.1 Å². The Kier molecular flexibility index (Phi) is 4.01. The third kappa shape index (κ3) is 2.87. The van der Waals surface area contributed by atoms with Gasteiger partial charge in [-0.2, -0.15) is 5.10 Å². The first-order valence-electron chi connectivity index (χ1n) is 4.73. The molecule has 5 nitrogen and oxygen atoms in total. The van der Waals surface area contributed by atoms with Gasteiger partial charge in [0, 0.05) is 6.54 Å². The predicted molar refractivity (Wildman–Crippen MR) is 59.3 cm³/mol. The first kappa shape index (κ1) is 12.4. The van der Waals surface area contributed by atoms with Gasteiger partial charge in [0.2, 0.25) is 0 Å². The summed E-state index contributed by atoms with van der Waals surface area (Å²) in [5, 5.41) is 4.24.